The topological polar surface area (TPSA) is 66.5 Å². The molecule has 0 spiro atoms. The van der Waals surface area contributed by atoms with Crippen LogP contribution in [-0.2, 0) is 12.6 Å². The van der Waals surface area contributed by atoms with E-state index in [-0.39, 0.29) is 39.3 Å². The number of rotatable bonds is 2. The van der Waals surface area contributed by atoms with Crippen molar-refractivity contribution in [3.63, 3.8) is 0 Å². The molecule has 4 N–H and O–H groups in total. The molecule has 0 bridgehead atoms. The average molecular weight is 425 g/mol. The standard InChI is InChI=1S/C20H12F5NO2S/c21-17-9(1-2-15(28)18(17)22)13-7-11-12(16(13)10-3-4-29-19(10)26)5-8(27)6-14(11)20(23,24)25/h1-6,27-28H,7,26H2. The molecule has 0 aliphatic heterocycles. The van der Waals surface area contributed by atoms with Gasteiger partial charge in [-0.05, 0) is 64.4 Å². The Hall–Kier alpha value is -3.07. The van der Waals surface area contributed by atoms with E-state index in [1.807, 2.05) is 0 Å². The summed E-state index contributed by atoms with van der Waals surface area (Å²) in [6.45, 7) is 0. The second kappa shape index (κ2) is 6.48. The van der Waals surface area contributed by atoms with Crippen molar-refractivity contribution >= 4 is 27.5 Å². The Labute approximate surface area is 165 Å². The Kier molecular flexibility index (Phi) is 4.30. The first-order valence-corrected chi connectivity index (χ1v) is 9.14. The third kappa shape index (κ3) is 3.02. The lowest BCUT2D eigenvalue weighted by molar-refractivity contribution is -0.138. The van der Waals surface area contributed by atoms with E-state index in [1.54, 1.807) is 11.4 Å². The smallest absolute Gasteiger partial charge is 0.416 e. The Bertz CT molecular complexity index is 1180. The number of nitrogens with two attached hydrogens (primary N) is 1. The van der Waals surface area contributed by atoms with Gasteiger partial charge in [0.1, 0.15) is 5.75 Å². The molecule has 0 saturated carbocycles. The van der Waals surface area contributed by atoms with Gasteiger partial charge in [0.05, 0.1) is 10.6 Å². The normalized spacial score (nSPS) is 13.8. The van der Waals surface area contributed by atoms with E-state index in [4.69, 9.17) is 5.73 Å². The van der Waals surface area contributed by atoms with E-state index in [9.17, 15) is 32.2 Å². The predicted octanol–water partition coefficient (Wildman–Crippen LogP) is 5.55. The summed E-state index contributed by atoms with van der Waals surface area (Å²) in [6.07, 6.45) is -5.11. The van der Waals surface area contributed by atoms with Gasteiger partial charge in [0.2, 0.25) is 5.82 Å². The molecule has 0 fully saturated rings. The highest BCUT2D eigenvalue weighted by Gasteiger charge is 2.39. The molecule has 29 heavy (non-hydrogen) atoms. The summed E-state index contributed by atoms with van der Waals surface area (Å²) >= 11 is 1.14. The first-order valence-electron chi connectivity index (χ1n) is 8.27. The fourth-order valence-electron chi connectivity index (χ4n) is 3.59. The quantitative estimate of drug-likeness (QED) is 0.472. The van der Waals surface area contributed by atoms with Crippen molar-refractivity contribution in [1.29, 1.82) is 0 Å². The maximum absolute atomic E-state index is 14.6. The molecule has 1 heterocycles. The van der Waals surface area contributed by atoms with E-state index in [2.05, 4.69) is 0 Å². The van der Waals surface area contributed by atoms with Crippen LogP contribution in [0.2, 0.25) is 0 Å². The molecular weight excluding hydrogens is 413 g/mol. The van der Waals surface area contributed by atoms with Crippen LogP contribution in [0.1, 0.15) is 27.8 Å². The monoisotopic (exact) mass is 425 g/mol. The summed E-state index contributed by atoms with van der Waals surface area (Å²) in [4.78, 5) is 0. The van der Waals surface area contributed by atoms with Crippen LogP contribution in [0.3, 0.4) is 0 Å². The zero-order valence-electron chi connectivity index (χ0n) is 14.4. The second-order valence-electron chi connectivity index (χ2n) is 6.51. The van der Waals surface area contributed by atoms with Gasteiger partial charge in [-0.25, -0.2) is 4.39 Å². The molecule has 9 heteroatoms. The number of hydrogen-bond donors (Lipinski definition) is 3. The summed E-state index contributed by atoms with van der Waals surface area (Å²) in [7, 11) is 0. The van der Waals surface area contributed by atoms with Crippen molar-refractivity contribution in [2.75, 3.05) is 5.73 Å². The minimum absolute atomic E-state index is 0.0466. The van der Waals surface area contributed by atoms with Crippen LogP contribution in [-0.4, -0.2) is 10.2 Å². The van der Waals surface area contributed by atoms with Gasteiger partial charge in [-0.3, -0.25) is 0 Å². The molecule has 2 aromatic carbocycles. The Balaban J connectivity index is 2.06. The number of halogens is 5. The van der Waals surface area contributed by atoms with Gasteiger partial charge in [0.25, 0.3) is 0 Å². The van der Waals surface area contributed by atoms with E-state index in [0.717, 1.165) is 29.5 Å². The summed E-state index contributed by atoms with van der Waals surface area (Å²) in [5, 5.41) is 21.2. The number of aromatic hydroxyl groups is 2. The Morgan fingerprint density at radius 3 is 2.28 bits per heavy atom. The number of nitrogen functional groups attached to an aromatic ring is 1. The van der Waals surface area contributed by atoms with E-state index < -0.39 is 34.9 Å². The maximum Gasteiger partial charge on any atom is 0.416 e. The highest BCUT2D eigenvalue weighted by Crippen LogP contribution is 2.50. The molecule has 4 rings (SSSR count). The molecule has 0 saturated heterocycles. The third-order valence-electron chi connectivity index (χ3n) is 4.82. The Morgan fingerprint density at radius 2 is 1.66 bits per heavy atom. The predicted molar refractivity (Wildman–Crippen MR) is 99.5 cm³/mol. The maximum atomic E-state index is 14.6. The van der Waals surface area contributed by atoms with Crippen LogP contribution in [0.25, 0.3) is 11.1 Å². The van der Waals surface area contributed by atoms with Crippen molar-refractivity contribution < 1.29 is 32.2 Å². The van der Waals surface area contributed by atoms with Gasteiger partial charge >= 0.3 is 6.18 Å². The van der Waals surface area contributed by atoms with Crippen molar-refractivity contribution in [2.45, 2.75) is 12.6 Å². The van der Waals surface area contributed by atoms with Gasteiger partial charge < -0.3 is 15.9 Å². The third-order valence-corrected chi connectivity index (χ3v) is 5.56. The SMILES string of the molecule is Nc1sccc1C1=C(c2ccc(O)c(F)c2F)Cc2c1cc(O)cc2C(F)(F)F. The van der Waals surface area contributed by atoms with Crippen LogP contribution in [0, 0.1) is 11.6 Å². The lowest BCUT2D eigenvalue weighted by atomic mass is 9.95. The molecule has 150 valence electrons. The van der Waals surface area contributed by atoms with Crippen molar-refractivity contribution in [1.82, 2.24) is 0 Å². The van der Waals surface area contributed by atoms with E-state index >= 15 is 0 Å². The molecule has 0 amide bonds. The highest BCUT2D eigenvalue weighted by atomic mass is 32.1. The number of anilines is 1. The van der Waals surface area contributed by atoms with Crippen molar-refractivity contribution in [3.8, 4) is 11.5 Å². The largest absolute Gasteiger partial charge is 0.508 e. The molecule has 0 unspecified atom stereocenters. The van der Waals surface area contributed by atoms with E-state index in [0.29, 0.717) is 11.6 Å². The molecule has 1 aliphatic rings. The number of phenols is 2. The average Bonchev–Trinajstić information content (AvgIpc) is 3.21. The first-order chi connectivity index (χ1) is 13.6. The lowest BCUT2D eigenvalue weighted by Gasteiger charge is -2.14. The van der Waals surface area contributed by atoms with Crippen LogP contribution in [0.15, 0.2) is 35.7 Å². The van der Waals surface area contributed by atoms with Crippen molar-refractivity contribution in [2.24, 2.45) is 0 Å². The van der Waals surface area contributed by atoms with Crippen molar-refractivity contribution in [3.05, 3.63) is 75.2 Å². The number of thiophene rings is 1. The molecular formula is C20H12F5NO2S. The molecule has 1 aliphatic carbocycles. The summed E-state index contributed by atoms with van der Waals surface area (Å²) < 4.78 is 69.3. The Morgan fingerprint density at radius 1 is 0.931 bits per heavy atom. The van der Waals surface area contributed by atoms with Gasteiger partial charge in [0, 0.05) is 11.1 Å². The van der Waals surface area contributed by atoms with Gasteiger partial charge in [-0.2, -0.15) is 17.6 Å². The van der Waals surface area contributed by atoms with Crippen LogP contribution in [0.4, 0.5) is 27.0 Å². The molecule has 3 nitrogen and oxygen atoms in total. The van der Waals surface area contributed by atoms with Gasteiger partial charge in [0.15, 0.2) is 11.6 Å². The number of fused-ring (bicyclic) bond motifs is 1. The number of allylic oxidation sites excluding steroid dienone is 1. The fraction of sp³-hybridized carbons (Fsp3) is 0.100. The fourth-order valence-corrected chi connectivity index (χ4v) is 4.24. The van der Waals surface area contributed by atoms with Gasteiger partial charge in [-0.1, -0.05) is 0 Å². The molecule has 0 atom stereocenters. The molecule has 3 aromatic rings. The van der Waals surface area contributed by atoms with Crippen LogP contribution >= 0.6 is 11.3 Å². The zero-order valence-corrected chi connectivity index (χ0v) is 15.3. The zero-order chi connectivity index (χ0) is 21.1. The summed E-state index contributed by atoms with van der Waals surface area (Å²) in [5.74, 6) is -4.40. The second-order valence-corrected chi connectivity index (χ2v) is 7.45. The molecule has 0 radical (unpaired) electrons. The molecule has 1 aromatic heterocycles. The minimum Gasteiger partial charge on any atom is -0.508 e. The number of phenolic OH excluding ortho intramolecular Hbond substituents is 2. The van der Waals surface area contributed by atoms with Gasteiger partial charge in [-0.15, -0.1) is 11.3 Å². The lowest BCUT2D eigenvalue weighted by Crippen LogP contribution is -2.09. The summed E-state index contributed by atoms with van der Waals surface area (Å²) in [6, 6.07) is 5.35. The van der Waals surface area contributed by atoms with E-state index in [1.165, 1.54) is 0 Å². The van der Waals surface area contributed by atoms with Crippen LogP contribution in [0.5, 0.6) is 11.5 Å². The minimum atomic E-state index is -4.76. The number of alkyl halides is 3. The van der Waals surface area contributed by atoms with Crippen LogP contribution < -0.4 is 5.73 Å². The summed E-state index contributed by atoms with van der Waals surface area (Å²) in [5.41, 5.74) is 5.12. The first kappa shape index (κ1) is 19.3. The number of hydrogen-bond acceptors (Lipinski definition) is 4. The highest BCUT2D eigenvalue weighted by molar-refractivity contribution is 7.14. The number of benzene rings is 2.